The van der Waals surface area contributed by atoms with Gasteiger partial charge >= 0.3 is 0 Å². The molecule has 1 aliphatic rings. The van der Waals surface area contributed by atoms with Gasteiger partial charge in [-0.2, -0.15) is 0 Å². The molecule has 6 nitrogen and oxygen atoms in total. The number of hydrogen-bond acceptors (Lipinski definition) is 6. The smallest absolute Gasteiger partial charge is 0.254 e. The first-order valence-electron chi connectivity index (χ1n) is 9.13. The van der Waals surface area contributed by atoms with Crippen molar-refractivity contribution in [2.45, 2.75) is 39.4 Å². The molecule has 8 heteroatoms. The summed E-state index contributed by atoms with van der Waals surface area (Å²) in [5.41, 5.74) is 3.11. The van der Waals surface area contributed by atoms with Crippen LogP contribution < -0.4 is 0 Å². The first kappa shape index (κ1) is 17.0. The molecule has 0 spiro atoms. The van der Waals surface area contributed by atoms with Crippen molar-refractivity contribution < 1.29 is 0 Å². The quantitative estimate of drug-likeness (QED) is 0.484. The minimum Gasteiger partial charge on any atom is -0.275 e. The molecule has 0 aliphatic carbocycles. The maximum absolute atomic E-state index is 5.68. The molecule has 138 valence electrons. The van der Waals surface area contributed by atoms with Crippen molar-refractivity contribution in [3.05, 3.63) is 51.5 Å². The van der Waals surface area contributed by atoms with Crippen molar-refractivity contribution >= 4 is 39.5 Å². The number of likely N-dealkylation sites (tertiary alicyclic amines) is 1. The fraction of sp³-hybridized carbons (Fsp3) is 0.368. The molecule has 1 aliphatic heterocycles. The summed E-state index contributed by atoms with van der Waals surface area (Å²) < 4.78 is 5.80. The van der Waals surface area contributed by atoms with Gasteiger partial charge in [0.2, 0.25) is 4.77 Å². The zero-order valence-corrected chi connectivity index (χ0v) is 16.9. The van der Waals surface area contributed by atoms with Crippen LogP contribution in [0.1, 0.15) is 35.3 Å². The molecule has 4 aromatic rings. The Morgan fingerprint density at radius 1 is 1.22 bits per heavy atom. The average Bonchev–Trinajstić information content (AvgIpc) is 3.32. The lowest BCUT2D eigenvalue weighted by atomic mass is 10.2. The largest absolute Gasteiger partial charge is 0.275 e. The molecule has 27 heavy (non-hydrogen) atoms. The Balaban J connectivity index is 1.49. The van der Waals surface area contributed by atoms with Gasteiger partial charge in [-0.3, -0.25) is 9.30 Å². The summed E-state index contributed by atoms with van der Waals surface area (Å²) >= 11 is 7.48. The van der Waals surface area contributed by atoms with E-state index in [0.29, 0.717) is 23.3 Å². The molecule has 4 heterocycles. The minimum atomic E-state index is 0.324. The third kappa shape index (κ3) is 2.88. The molecule has 0 saturated carbocycles. The lowest BCUT2D eigenvalue weighted by molar-refractivity contribution is 0.190. The molecule has 1 atom stereocenters. The number of hydrogen-bond donors (Lipinski definition) is 0. The van der Waals surface area contributed by atoms with Crippen molar-refractivity contribution in [2.75, 3.05) is 6.54 Å². The summed E-state index contributed by atoms with van der Waals surface area (Å²) in [6.45, 7) is 5.73. The predicted octanol–water partition coefficient (Wildman–Crippen LogP) is 4.28. The molecule has 0 radical (unpaired) electrons. The summed E-state index contributed by atoms with van der Waals surface area (Å²) in [5, 5.41) is 5.86. The molecule has 0 unspecified atom stereocenters. The summed E-state index contributed by atoms with van der Waals surface area (Å²) in [5.74, 6) is 0.674. The topological polar surface area (TPSA) is 51.2 Å². The van der Waals surface area contributed by atoms with Gasteiger partial charge in [0.15, 0.2) is 0 Å². The number of rotatable bonds is 3. The SMILES string of the molecule is Cc1cc(C)n2c(=S)n(CN3CCC[C@H]3c3nc4ccccc4s3)nc2n1. The molecule has 1 fully saturated rings. The van der Waals surface area contributed by atoms with Crippen LogP contribution in [0.25, 0.3) is 16.0 Å². The van der Waals surface area contributed by atoms with Crippen LogP contribution in [-0.2, 0) is 6.67 Å². The highest BCUT2D eigenvalue weighted by Gasteiger charge is 2.29. The molecular weight excluding hydrogens is 376 g/mol. The molecular formula is C19H20N6S2. The second-order valence-corrected chi connectivity index (χ2v) is 8.52. The summed E-state index contributed by atoms with van der Waals surface area (Å²) in [6, 6.07) is 10.7. The number of para-hydroxylation sites is 1. The lowest BCUT2D eigenvalue weighted by Crippen LogP contribution is -2.26. The van der Waals surface area contributed by atoms with E-state index >= 15 is 0 Å². The molecule has 5 rings (SSSR count). The van der Waals surface area contributed by atoms with E-state index in [0.717, 1.165) is 36.3 Å². The van der Waals surface area contributed by atoms with Crippen molar-refractivity contribution in [1.82, 2.24) is 29.0 Å². The molecule has 1 aromatic carbocycles. The number of fused-ring (bicyclic) bond motifs is 2. The van der Waals surface area contributed by atoms with Crippen molar-refractivity contribution in [1.29, 1.82) is 0 Å². The Bertz CT molecular complexity index is 1170. The van der Waals surface area contributed by atoms with E-state index in [9.17, 15) is 0 Å². The highest BCUT2D eigenvalue weighted by Crippen LogP contribution is 2.36. The van der Waals surface area contributed by atoms with Crippen molar-refractivity contribution in [3.8, 4) is 0 Å². The van der Waals surface area contributed by atoms with Gasteiger partial charge in [0.05, 0.1) is 22.9 Å². The van der Waals surface area contributed by atoms with Gasteiger partial charge in [-0.25, -0.2) is 14.6 Å². The van der Waals surface area contributed by atoms with Gasteiger partial charge in [-0.05, 0) is 57.1 Å². The summed E-state index contributed by atoms with van der Waals surface area (Å²) in [4.78, 5) is 11.8. The summed E-state index contributed by atoms with van der Waals surface area (Å²) in [6.07, 6.45) is 2.29. The Morgan fingerprint density at radius 2 is 2.07 bits per heavy atom. The van der Waals surface area contributed by atoms with Gasteiger partial charge in [-0.1, -0.05) is 12.1 Å². The van der Waals surface area contributed by atoms with Crippen LogP contribution in [0.5, 0.6) is 0 Å². The monoisotopic (exact) mass is 396 g/mol. The van der Waals surface area contributed by atoms with Crippen LogP contribution >= 0.6 is 23.6 Å². The molecule has 0 amide bonds. The van der Waals surface area contributed by atoms with E-state index in [1.54, 1.807) is 11.3 Å². The number of aryl methyl sites for hydroxylation is 2. The second-order valence-electron chi connectivity index (χ2n) is 7.09. The van der Waals surface area contributed by atoms with Gasteiger partial charge in [-0.15, -0.1) is 16.4 Å². The van der Waals surface area contributed by atoms with Crippen molar-refractivity contribution in [3.63, 3.8) is 0 Å². The number of thiazole rings is 1. The standard InChI is InChI=1S/C19H20N6S2/c1-12-10-13(2)25-18(20-12)22-24(19(25)26)11-23-9-5-7-15(23)17-21-14-6-3-4-8-16(14)27-17/h3-4,6,8,10,15H,5,7,9,11H2,1-2H3/t15-/m0/s1. The van der Waals surface area contributed by atoms with Crippen LogP contribution in [0.4, 0.5) is 0 Å². The summed E-state index contributed by atoms with van der Waals surface area (Å²) in [7, 11) is 0. The number of benzene rings is 1. The average molecular weight is 397 g/mol. The fourth-order valence-electron chi connectivity index (χ4n) is 3.91. The molecule has 0 bridgehead atoms. The van der Waals surface area contributed by atoms with Gasteiger partial charge in [0.25, 0.3) is 5.78 Å². The normalized spacial score (nSPS) is 18.1. The predicted molar refractivity (Wildman–Crippen MR) is 110 cm³/mol. The van der Waals surface area contributed by atoms with E-state index in [-0.39, 0.29) is 0 Å². The second kappa shape index (κ2) is 6.47. The Morgan fingerprint density at radius 3 is 2.93 bits per heavy atom. The zero-order chi connectivity index (χ0) is 18.5. The van der Waals surface area contributed by atoms with E-state index in [4.69, 9.17) is 17.2 Å². The molecule has 1 saturated heterocycles. The fourth-order valence-corrected chi connectivity index (χ4v) is 5.37. The van der Waals surface area contributed by atoms with Crippen LogP contribution in [0.15, 0.2) is 30.3 Å². The highest BCUT2D eigenvalue weighted by molar-refractivity contribution is 7.71. The third-order valence-corrected chi connectivity index (χ3v) is 6.67. The van der Waals surface area contributed by atoms with Crippen molar-refractivity contribution in [2.24, 2.45) is 0 Å². The van der Waals surface area contributed by atoms with E-state index in [1.165, 1.54) is 9.71 Å². The Labute approximate surface area is 166 Å². The Kier molecular flexibility index (Phi) is 4.07. The third-order valence-electron chi connectivity index (χ3n) is 5.14. The number of nitrogens with zero attached hydrogens (tertiary/aromatic N) is 6. The van der Waals surface area contributed by atoms with Gasteiger partial charge in [0.1, 0.15) is 5.01 Å². The number of aromatic nitrogens is 5. The first-order chi connectivity index (χ1) is 13.1. The van der Waals surface area contributed by atoms with E-state index in [2.05, 4.69) is 33.2 Å². The van der Waals surface area contributed by atoms with Crippen LogP contribution in [-0.4, -0.2) is 35.6 Å². The maximum Gasteiger partial charge on any atom is 0.254 e. The van der Waals surface area contributed by atoms with Gasteiger partial charge in [0, 0.05) is 17.9 Å². The Hall–Kier alpha value is -2.16. The first-order valence-corrected chi connectivity index (χ1v) is 10.4. The molecule has 3 aromatic heterocycles. The maximum atomic E-state index is 5.68. The van der Waals surface area contributed by atoms with Crippen LogP contribution in [0.2, 0.25) is 0 Å². The zero-order valence-electron chi connectivity index (χ0n) is 15.3. The van der Waals surface area contributed by atoms with E-state index in [1.807, 2.05) is 35.1 Å². The van der Waals surface area contributed by atoms with E-state index < -0.39 is 0 Å². The van der Waals surface area contributed by atoms with Crippen LogP contribution in [0, 0.1) is 18.6 Å². The van der Waals surface area contributed by atoms with Crippen LogP contribution in [0.3, 0.4) is 0 Å². The van der Waals surface area contributed by atoms with Gasteiger partial charge < -0.3 is 0 Å². The molecule has 0 N–H and O–H groups in total. The highest BCUT2D eigenvalue weighted by atomic mass is 32.1. The minimum absolute atomic E-state index is 0.324. The lowest BCUT2D eigenvalue weighted by Gasteiger charge is -2.22.